The van der Waals surface area contributed by atoms with Crippen LogP contribution in [0.15, 0.2) is 96.0 Å². The molecular weight excluding hydrogens is 521 g/mol. The van der Waals surface area contributed by atoms with E-state index in [-0.39, 0.29) is 24.2 Å². The second kappa shape index (κ2) is 14.1. The average Bonchev–Trinajstić information content (AvgIpc) is 3.44. The fourth-order valence-corrected chi connectivity index (χ4v) is 10.5. The van der Waals surface area contributed by atoms with Crippen LogP contribution < -0.4 is 0 Å². The third-order valence-corrected chi connectivity index (χ3v) is 12.4. The van der Waals surface area contributed by atoms with Gasteiger partial charge in [0.2, 0.25) is 5.90 Å². The second-order valence-corrected chi connectivity index (χ2v) is 14.7. The van der Waals surface area contributed by atoms with Crippen molar-refractivity contribution in [1.82, 2.24) is 0 Å². The predicted octanol–water partition coefficient (Wildman–Crippen LogP) is 9.90. The summed E-state index contributed by atoms with van der Waals surface area (Å²) in [5, 5.41) is 0. The molecule has 3 aromatic rings. The SMILES string of the molecule is C[C@@H]1OC(c2ccccc2)=N[C@H]1C(Cc1ccccc1)C(OP(C1CCCCC1)C1CCCCC1)c1ccccc1. The normalized spacial score (nSPS) is 23.6. The number of ether oxygens (including phenoxy) is 1. The standard InChI is InChI=1S/C37H46NO2P/c1-28-35(38-37(39-28)31-21-11-4-12-22-31)34(27-29-17-7-2-8-18-29)36(30-19-9-3-10-20-30)40-41(32-23-13-5-14-24-32)33-25-15-6-16-26-33/h2-4,7-12,17-22,28,32-36H,5-6,13-16,23-27H2,1H3/t28-,34?,35+,36?/m0/s1. The van der Waals surface area contributed by atoms with Gasteiger partial charge in [0, 0.05) is 30.9 Å². The molecule has 0 aromatic heterocycles. The van der Waals surface area contributed by atoms with Crippen molar-refractivity contribution in [2.24, 2.45) is 10.9 Å². The monoisotopic (exact) mass is 567 g/mol. The summed E-state index contributed by atoms with van der Waals surface area (Å²) in [5.74, 6) is 0.947. The molecule has 6 rings (SSSR count). The highest BCUT2D eigenvalue weighted by Gasteiger charge is 2.43. The molecule has 4 heteroatoms. The zero-order chi connectivity index (χ0) is 27.9. The lowest BCUT2D eigenvalue weighted by Crippen LogP contribution is -2.35. The van der Waals surface area contributed by atoms with E-state index < -0.39 is 8.15 Å². The Morgan fingerprint density at radius 2 is 1.27 bits per heavy atom. The third-order valence-electron chi connectivity index (χ3n) is 9.44. The zero-order valence-electron chi connectivity index (χ0n) is 24.6. The molecule has 216 valence electrons. The highest BCUT2D eigenvalue weighted by atomic mass is 31.1. The van der Waals surface area contributed by atoms with Crippen LogP contribution in [0.25, 0.3) is 0 Å². The first-order chi connectivity index (χ1) is 20.3. The molecule has 3 aliphatic rings. The largest absolute Gasteiger partial charge is 0.472 e. The molecule has 41 heavy (non-hydrogen) atoms. The first-order valence-electron chi connectivity index (χ1n) is 16.1. The van der Waals surface area contributed by atoms with E-state index in [4.69, 9.17) is 14.3 Å². The minimum absolute atomic E-state index is 0.00989. The average molecular weight is 568 g/mol. The lowest BCUT2D eigenvalue weighted by molar-refractivity contribution is 0.0914. The van der Waals surface area contributed by atoms with Gasteiger partial charge in [0.25, 0.3) is 0 Å². The molecule has 0 N–H and O–H groups in total. The van der Waals surface area contributed by atoms with Crippen LogP contribution in [0, 0.1) is 5.92 Å². The number of hydrogen-bond donors (Lipinski definition) is 0. The molecule has 0 radical (unpaired) electrons. The van der Waals surface area contributed by atoms with Crippen LogP contribution in [0.2, 0.25) is 0 Å². The minimum atomic E-state index is -0.540. The Balaban J connectivity index is 1.39. The van der Waals surface area contributed by atoms with Crippen molar-refractivity contribution in [3.05, 3.63) is 108 Å². The molecule has 2 saturated carbocycles. The lowest BCUT2D eigenvalue weighted by atomic mass is 9.82. The van der Waals surface area contributed by atoms with Crippen LogP contribution in [0.5, 0.6) is 0 Å². The topological polar surface area (TPSA) is 30.8 Å². The smallest absolute Gasteiger partial charge is 0.216 e. The first kappa shape index (κ1) is 28.6. The van der Waals surface area contributed by atoms with Gasteiger partial charge in [-0.1, -0.05) is 117 Å². The summed E-state index contributed by atoms with van der Waals surface area (Å²) in [6, 6.07) is 32.5. The summed E-state index contributed by atoms with van der Waals surface area (Å²) >= 11 is 0. The van der Waals surface area contributed by atoms with E-state index in [2.05, 4.69) is 97.9 Å². The summed E-state index contributed by atoms with van der Waals surface area (Å²) < 4.78 is 14.2. The van der Waals surface area contributed by atoms with E-state index in [0.717, 1.165) is 29.2 Å². The van der Waals surface area contributed by atoms with Gasteiger partial charge in [-0.3, -0.25) is 0 Å². The molecule has 3 nitrogen and oxygen atoms in total. The number of aliphatic imine (C=N–C) groups is 1. The Morgan fingerprint density at radius 1 is 0.732 bits per heavy atom. The summed E-state index contributed by atoms with van der Waals surface area (Å²) in [5.41, 5.74) is 5.15. The van der Waals surface area contributed by atoms with Gasteiger partial charge in [-0.2, -0.15) is 0 Å². The van der Waals surface area contributed by atoms with E-state index in [9.17, 15) is 0 Å². The van der Waals surface area contributed by atoms with Crippen molar-refractivity contribution in [1.29, 1.82) is 0 Å². The molecule has 2 unspecified atom stereocenters. The third kappa shape index (κ3) is 7.12. The van der Waals surface area contributed by atoms with Crippen molar-refractivity contribution >= 4 is 14.0 Å². The fraction of sp³-hybridized carbons (Fsp3) is 0.486. The van der Waals surface area contributed by atoms with E-state index in [1.807, 2.05) is 0 Å². The predicted molar refractivity (Wildman–Crippen MR) is 172 cm³/mol. The van der Waals surface area contributed by atoms with Crippen molar-refractivity contribution < 1.29 is 9.26 Å². The van der Waals surface area contributed by atoms with E-state index in [0.29, 0.717) is 0 Å². The Labute approximate surface area is 248 Å². The molecule has 2 aliphatic carbocycles. The quantitative estimate of drug-likeness (QED) is 0.228. The minimum Gasteiger partial charge on any atom is -0.472 e. The maximum absolute atomic E-state index is 7.69. The molecule has 0 amide bonds. The van der Waals surface area contributed by atoms with Crippen LogP contribution >= 0.6 is 8.15 Å². The summed E-state index contributed by atoms with van der Waals surface area (Å²) in [7, 11) is -0.540. The van der Waals surface area contributed by atoms with Crippen LogP contribution in [0.3, 0.4) is 0 Å². The summed E-state index contributed by atoms with van der Waals surface area (Å²) in [6.07, 6.45) is 14.5. The van der Waals surface area contributed by atoms with Gasteiger partial charge in [0.15, 0.2) is 0 Å². The fourth-order valence-electron chi connectivity index (χ4n) is 7.28. The highest BCUT2D eigenvalue weighted by molar-refractivity contribution is 7.54. The van der Waals surface area contributed by atoms with Crippen LogP contribution in [0.1, 0.15) is 93.9 Å². The number of rotatable bonds is 10. The number of nitrogens with zero attached hydrogens (tertiary/aromatic N) is 1. The van der Waals surface area contributed by atoms with Crippen LogP contribution in [-0.2, 0) is 15.7 Å². The molecule has 3 aromatic carbocycles. The van der Waals surface area contributed by atoms with Gasteiger partial charge in [0.05, 0.1) is 12.1 Å². The molecule has 0 saturated heterocycles. The zero-order valence-corrected chi connectivity index (χ0v) is 25.5. The molecule has 1 heterocycles. The molecule has 1 aliphatic heterocycles. The molecular formula is C37H46NO2P. The van der Waals surface area contributed by atoms with Crippen LogP contribution in [0.4, 0.5) is 0 Å². The van der Waals surface area contributed by atoms with Gasteiger partial charge in [0.1, 0.15) is 6.10 Å². The van der Waals surface area contributed by atoms with Crippen molar-refractivity contribution in [3.63, 3.8) is 0 Å². The van der Waals surface area contributed by atoms with Gasteiger partial charge in [-0.05, 0) is 62.3 Å². The van der Waals surface area contributed by atoms with Crippen molar-refractivity contribution in [3.8, 4) is 0 Å². The van der Waals surface area contributed by atoms with E-state index >= 15 is 0 Å². The van der Waals surface area contributed by atoms with E-state index in [1.54, 1.807) is 0 Å². The van der Waals surface area contributed by atoms with Crippen LogP contribution in [-0.4, -0.2) is 29.4 Å². The Bertz CT molecular complexity index is 1200. The lowest BCUT2D eigenvalue weighted by Gasteiger charge is -2.42. The van der Waals surface area contributed by atoms with E-state index in [1.165, 1.54) is 75.3 Å². The van der Waals surface area contributed by atoms with Gasteiger partial charge in [-0.15, -0.1) is 0 Å². The molecule has 0 bridgehead atoms. The summed E-state index contributed by atoms with van der Waals surface area (Å²) in [4.78, 5) is 5.34. The Kier molecular flexibility index (Phi) is 9.86. The summed E-state index contributed by atoms with van der Waals surface area (Å²) in [6.45, 7) is 2.20. The van der Waals surface area contributed by atoms with Gasteiger partial charge >= 0.3 is 0 Å². The Morgan fingerprint density at radius 3 is 1.85 bits per heavy atom. The Hall–Kier alpha value is -2.48. The highest BCUT2D eigenvalue weighted by Crippen LogP contribution is 2.60. The first-order valence-corrected chi connectivity index (χ1v) is 17.5. The second-order valence-electron chi connectivity index (χ2n) is 12.3. The maximum Gasteiger partial charge on any atom is 0.216 e. The van der Waals surface area contributed by atoms with Gasteiger partial charge < -0.3 is 9.26 Å². The molecule has 0 spiro atoms. The number of hydrogen-bond acceptors (Lipinski definition) is 3. The maximum atomic E-state index is 7.69. The molecule has 4 atom stereocenters. The van der Waals surface area contributed by atoms with Crippen molar-refractivity contribution in [2.75, 3.05) is 0 Å². The number of benzene rings is 3. The van der Waals surface area contributed by atoms with Gasteiger partial charge in [-0.25, -0.2) is 4.99 Å². The van der Waals surface area contributed by atoms with Crippen molar-refractivity contribution in [2.45, 2.75) is 107 Å². The molecule has 2 fully saturated rings.